The van der Waals surface area contributed by atoms with Crippen LogP contribution in [-0.2, 0) is 9.53 Å². The Balaban J connectivity index is 2.10. The summed E-state index contributed by atoms with van der Waals surface area (Å²) in [4.78, 5) is 40.1. The van der Waals surface area contributed by atoms with E-state index < -0.39 is 24.2 Å². The highest BCUT2D eigenvalue weighted by Gasteiger charge is 2.43. The SMILES string of the molecule is COc1cc(C=O)c(N(C/C=C/CN2CCN(C(=O)OC(C)(C)C)CC2)C(=O)C(F)(F)F)cc1OC. The monoisotopic (exact) mass is 515 g/mol. The van der Waals surface area contributed by atoms with Crippen LogP contribution in [0.4, 0.5) is 23.7 Å². The van der Waals surface area contributed by atoms with Gasteiger partial charge in [-0.2, -0.15) is 13.2 Å². The first kappa shape index (κ1) is 29.0. The Morgan fingerprint density at radius 2 is 1.58 bits per heavy atom. The molecule has 9 nitrogen and oxygen atoms in total. The lowest BCUT2D eigenvalue weighted by atomic mass is 10.1. The standard InChI is InChI=1S/C24H32F3N3O6/c1-23(2,3)36-22(33)29-12-10-28(11-13-29)8-6-7-9-30(21(32)24(25,26)27)18-15-20(35-5)19(34-4)14-17(18)16-31/h6-7,14-16H,8-13H2,1-5H3/b7-6+. The predicted octanol–water partition coefficient (Wildman–Crippen LogP) is 3.52. The van der Waals surface area contributed by atoms with Gasteiger partial charge in [0.15, 0.2) is 17.8 Å². The molecule has 0 aliphatic carbocycles. The molecule has 1 fully saturated rings. The first-order valence-electron chi connectivity index (χ1n) is 11.3. The zero-order valence-corrected chi connectivity index (χ0v) is 21.1. The van der Waals surface area contributed by atoms with Crippen molar-refractivity contribution in [2.24, 2.45) is 0 Å². The third kappa shape index (κ3) is 7.87. The van der Waals surface area contributed by atoms with Gasteiger partial charge in [-0.3, -0.25) is 19.4 Å². The summed E-state index contributed by atoms with van der Waals surface area (Å²) in [6.45, 7) is 7.37. The van der Waals surface area contributed by atoms with E-state index in [0.717, 1.165) is 6.07 Å². The number of hydrogen-bond acceptors (Lipinski definition) is 7. The molecular weight excluding hydrogens is 483 g/mol. The molecule has 1 aliphatic heterocycles. The van der Waals surface area contributed by atoms with Crippen LogP contribution in [0.2, 0.25) is 0 Å². The number of amides is 2. The van der Waals surface area contributed by atoms with Crippen molar-refractivity contribution in [2.75, 3.05) is 58.4 Å². The molecule has 0 bridgehead atoms. The van der Waals surface area contributed by atoms with E-state index in [4.69, 9.17) is 14.2 Å². The number of alkyl halides is 3. The van der Waals surface area contributed by atoms with E-state index in [9.17, 15) is 27.6 Å². The smallest absolute Gasteiger partial charge is 0.471 e. The van der Waals surface area contributed by atoms with Crippen LogP contribution >= 0.6 is 0 Å². The Bertz CT molecular complexity index is 967. The first-order chi connectivity index (χ1) is 16.8. The number of aldehydes is 1. The largest absolute Gasteiger partial charge is 0.493 e. The van der Waals surface area contributed by atoms with Gasteiger partial charge in [-0.15, -0.1) is 0 Å². The summed E-state index contributed by atoms with van der Waals surface area (Å²) >= 11 is 0. The van der Waals surface area contributed by atoms with Gasteiger partial charge >= 0.3 is 18.2 Å². The Kier molecular flexibility index (Phi) is 9.74. The fraction of sp³-hybridized carbons (Fsp3) is 0.542. The minimum Gasteiger partial charge on any atom is -0.493 e. The minimum atomic E-state index is -5.15. The Morgan fingerprint density at radius 1 is 1.00 bits per heavy atom. The molecule has 1 aromatic rings. The molecular formula is C24H32F3N3O6. The van der Waals surface area contributed by atoms with Gasteiger partial charge in [0.05, 0.1) is 19.9 Å². The highest BCUT2D eigenvalue weighted by atomic mass is 19.4. The lowest BCUT2D eigenvalue weighted by Crippen LogP contribution is -2.49. The lowest BCUT2D eigenvalue weighted by molar-refractivity contribution is -0.170. The minimum absolute atomic E-state index is 0.0740. The second-order valence-corrected chi connectivity index (χ2v) is 9.04. The van der Waals surface area contributed by atoms with Gasteiger partial charge in [-0.25, -0.2) is 4.79 Å². The molecule has 0 radical (unpaired) electrons. The van der Waals surface area contributed by atoms with Crippen molar-refractivity contribution in [1.29, 1.82) is 0 Å². The lowest BCUT2D eigenvalue weighted by Gasteiger charge is -2.35. The number of nitrogens with zero attached hydrogens (tertiary/aromatic N) is 3. The van der Waals surface area contributed by atoms with Crippen LogP contribution < -0.4 is 14.4 Å². The van der Waals surface area contributed by atoms with Gasteiger partial charge < -0.3 is 19.1 Å². The second-order valence-electron chi connectivity index (χ2n) is 9.04. The van der Waals surface area contributed by atoms with Crippen molar-refractivity contribution in [2.45, 2.75) is 32.5 Å². The average molecular weight is 516 g/mol. The van der Waals surface area contributed by atoms with Crippen LogP contribution in [0.25, 0.3) is 0 Å². The highest BCUT2D eigenvalue weighted by Crippen LogP contribution is 2.36. The van der Waals surface area contributed by atoms with Crippen LogP contribution in [-0.4, -0.2) is 93.4 Å². The van der Waals surface area contributed by atoms with Gasteiger partial charge in [0.25, 0.3) is 0 Å². The molecule has 0 saturated carbocycles. The summed E-state index contributed by atoms with van der Waals surface area (Å²) in [5.41, 5.74) is -0.994. The molecule has 2 amide bonds. The predicted molar refractivity (Wildman–Crippen MR) is 127 cm³/mol. The number of halogens is 3. The number of methoxy groups -OCH3 is 2. The van der Waals surface area contributed by atoms with E-state index in [1.165, 1.54) is 26.4 Å². The molecule has 12 heteroatoms. The van der Waals surface area contributed by atoms with Crippen LogP contribution in [0.15, 0.2) is 24.3 Å². The van der Waals surface area contributed by atoms with Gasteiger partial charge in [0.2, 0.25) is 0 Å². The summed E-state index contributed by atoms with van der Waals surface area (Å²) in [6, 6.07) is 2.38. The van der Waals surface area contributed by atoms with Crippen molar-refractivity contribution >= 4 is 24.0 Å². The third-order valence-electron chi connectivity index (χ3n) is 5.28. The van der Waals surface area contributed by atoms with Crippen molar-refractivity contribution in [3.63, 3.8) is 0 Å². The maximum atomic E-state index is 13.3. The molecule has 1 saturated heterocycles. The number of rotatable bonds is 8. The summed E-state index contributed by atoms with van der Waals surface area (Å²) in [5.74, 6) is -1.90. The molecule has 1 aromatic carbocycles. The molecule has 0 N–H and O–H groups in total. The van der Waals surface area contributed by atoms with E-state index in [0.29, 0.717) is 43.9 Å². The van der Waals surface area contributed by atoms with Crippen LogP contribution in [0.3, 0.4) is 0 Å². The number of carbonyl (C=O) groups is 3. The average Bonchev–Trinajstić information content (AvgIpc) is 2.81. The molecule has 0 atom stereocenters. The maximum absolute atomic E-state index is 13.3. The van der Waals surface area contributed by atoms with Gasteiger partial charge in [-0.05, 0) is 26.8 Å². The molecule has 0 spiro atoms. The van der Waals surface area contributed by atoms with Crippen molar-refractivity contribution in [1.82, 2.24) is 9.80 Å². The number of anilines is 1. The summed E-state index contributed by atoms with van der Waals surface area (Å²) in [6.07, 6.45) is -2.13. The molecule has 36 heavy (non-hydrogen) atoms. The topological polar surface area (TPSA) is 88.6 Å². The van der Waals surface area contributed by atoms with E-state index in [2.05, 4.69) is 0 Å². The van der Waals surface area contributed by atoms with Crippen molar-refractivity contribution < 1.29 is 41.8 Å². The maximum Gasteiger partial charge on any atom is 0.471 e. The fourth-order valence-electron chi connectivity index (χ4n) is 3.50. The van der Waals surface area contributed by atoms with Gasteiger partial charge in [0, 0.05) is 50.9 Å². The number of benzene rings is 1. The highest BCUT2D eigenvalue weighted by molar-refractivity contribution is 6.02. The number of piperazine rings is 1. The molecule has 1 heterocycles. The van der Waals surface area contributed by atoms with E-state index >= 15 is 0 Å². The van der Waals surface area contributed by atoms with Gasteiger partial charge in [0.1, 0.15) is 5.60 Å². The Labute approximate surface area is 208 Å². The second kappa shape index (κ2) is 12.1. The normalized spacial score (nSPS) is 15.1. The molecule has 2 rings (SSSR count). The fourth-order valence-corrected chi connectivity index (χ4v) is 3.50. The van der Waals surface area contributed by atoms with E-state index in [1.807, 2.05) is 4.90 Å². The van der Waals surface area contributed by atoms with Gasteiger partial charge in [-0.1, -0.05) is 12.2 Å². The zero-order chi connectivity index (χ0) is 27.1. The molecule has 0 unspecified atom stereocenters. The summed E-state index contributed by atoms with van der Waals surface area (Å²) in [7, 11) is 2.61. The van der Waals surface area contributed by atoms with Crippen LogP contribution in [0.5, 0.6) is 11.5 Å². The number of carbonyl (C=O) groups excluding carboxylic acids is 3. The summed E-state index contributed by atoms with van der Waals surface area (Å²) < 4.78 is 55.6. The van der Waals surface area contributed by atoms with E-state index in [1.54, 1.807) is 31.7 Å². The van der Waals surface area contributed by atoms with Crippen molar-refractivity contribution in [3.8, 4) is 11.5 Å². The van der Waals surface area contributed by atoms with E-state index in [-0.39, 0.29) is 28.8 Å². The number of ether oxygens (including phenoxy) is 3. The van der Waals surface area contributed by atoms with Crippen LogP contribution in [0, 0.1) is 0 Å². The third-order valence-corrected chi connectivity index (χ3v) is 5.28. The molecule has 0 aromatic heterocycles. The molecule has 1 aliphatic rings. The quantitative estimate of drug-likeness (QED) is 0.387. The Morgan fingerprint density at radius 3 is 2.08 bits per heavy atom. The first-order valence-corrected chi connectivity index (χ1v) is 11.3. The number of hydrogen-bond donors (Lipinski definition) is 0. The Hall–Kier alpha value is -3.28. The van der Waals surface area contributed by atoms with Crippen LogP contribution in [0.1, 0.15) is 31.1 Å². The zero-order valence-electron chi connectivity index (χ0n) is 21.1. The molecule has 200 valence electrons. The summed E-state index contributed by atoms with van der Waals surface area (Å²) in [5, 5.41) is 0. The van der Waals surface area contributed by atoms with Crippen molar-refractivity contribution in [3.05, 3.63) is 29.8 Å².